The molecule has 0 bridgehead atoms. The molecule has 0 aliphatic carbocycles. The molecule has 110 valence electrons. The van der Waals surface area contributed by atoms with Gasteiger partial charge in [0, 0.05) is 13.1 Å². The van der Waals surface area contributed by atoms with Crippen molar-refractivity contribution in [2.45, 2.75) is 6.92 Å². The molecule has 0 atom stereocenters. The highest BCUT2D eigenvalue weighted by Gasteiger charge is 2.13. The van der Waals surface area contributed by atoms with Gasteiger partial charge in [-0.15, -0.1) is 0 Å². The van der Waals surface area contributed by atoms with E-state index in [1.165, 1.54) is 13.1 Å². The van der Waals surface area contributed by atoms with Gasteiger partial charge in [-0.3, -0.25) is 4.90 Å². The van der Waals surface area contributed by atoms with Gasteiger partial charge in [0.2, 0.25) is 0 Å². The van der Waals surface area contributed by atoms with Gasteiger partial charge >= 0.3 is 6.09 Å². The molecule has 6 nitrogen and oxygen atoms in total. The molecule has 21 heavy (non-hydrogen) atoms. The first-order chi connectivity index (χ1) is 9.88. The van der Waals surface area contributed by atoms with E-state index in [4.69, 9.17) is 15.6 Å². The summed E-state index contributed by atoms with van der Waals surface area (Å²) in [4.78, 5) is 12.0. The predicted octanol–water partition coefficient (Wildman–Crippen LogP) is 3.19. The molecule has 6 heteroatoms. The predicted molar refractivity (Wildman–Crippen MR) is 80.2 cm³/mol. The number of carboxylic acid groups (broad SMARTS) is 1. The number of carbonyl (C=O) groups is 1. The highest BCUT2D eigenvalue weighted by molar-refractivity contribution is 5.90. The molecule has 2 rings (SSSR count). The van der Waals surface area contributed by atoms with Crippen LogP contribution in [-0.2, 0) is 0 Å². The lowest BCUT2D eigenvalue weighted by Crippen LogP contribution is -2.24. The lowest BCUT2D eigenvalue weighted by atomic mass is 10.2. The minimum absolute atomic E-state index is 0.186. The number of amides is 1. The van der Waals surface area contributed by atoms with Gasteiger partial charge in [-0.2, -0.15) is 0 Å². The van der Waals surface area contributed by atoms with Crippen LogP contribution in [0.25, 0.3) is 0 Å². The summed E-state index contributed by atoms with van der Waals surface area (Å²) < 4.78 is 5.65. The molecular formula is C15H16N2O4. The topological polar surface area (TPSA) is 96.0 Å². The largest absolute Gasteiger partial charge is 0.508 e. The lowest BCUT2D eigenvalue weighted by Gasteiger charge is -2.17. The Morgan fingerprint density at radius 3 is 2.43 bits per heavy atom. The van der Waals surface area contributed by atoms with E-state index in [1.807, 2.05) is 0 Å². The molecule has 0 fully saturated rings. The summed E-state index contributed by atoms with van der Waals surface area (Å²) in [5.74, 6) is 1.18. The molecule has 2 aromatic carbocycles. The first kappa shape index (κ1) is 14.5. The second-order valence-electron chi connectivity index (χ2n) is 4.61. The minimum Gasteiger partial charge on any atom is -0.508 e. The number of nitrogens with two attached hydrogens (primary N) is 1. The van der Waals surface area contributed by atoms with Gasteiger partial charge in [0.1, 0.15) is 17.2 Å². The van der Waals surface area contributed by atoms with Crippen LogP contribution in [0, 0.1) is 6.92 Å². The number of aromatic hydroxyl groups is 1. The van der Waals surface area contributed by atoms with E-state index in [1.54, 1.807) is 37.3 Å². The molecule has 0 aliphatic heterocycles. The van der Waals surface area contributed by atoms with Crippen LogP contribution in [0.4, 0.5) is 16.2 Å². The van der Waals surface area contributed by atoms with E-state index in [-0.39, 0.29) is 5.75 Å². The Bertz CT molecular complexity index is 685. The molecule has 0 spiro atoms. The van der Waals surface area contributed by atoms with Gasteiger partial charge < -0.3 is 20.7 Å². The van der Waals surface area contributed by atoms with Crippen LogP contribution in [0.5, 0.6) is 17.2 Å². The van der Waals surface area contributed by atoms with Crippen molar-refractivity contribution in [1.29, 1.82) is 0 Å². The fourth-order valence-electron chi connectivity index (χ4n) is 1.81. The fourth-order valence-corrected chi connectivity index (χ4v) is 1.81. The Hall–Kier alpha value is -2.89. The van der Waals surface area contributed by atoms with E-state index in [9.17, 15) is 9.90 Å². The maximum absolute atomic E-state index is 11.0. The van der Waals surface area contributed by atoms with Crippen molar-refractivity contribution in [3.05, 3.63) is 42.0 Å². The Morgan fingerprint density at radius 1 is 1.19 bits per heavy atom. The van der Waals surface area contributed by atoms with E-state index in [0.717, 1.165) is 4.90 Å². The zero-order valence-electron chi connectivity index (χ0n) is 11.7. The van der Waals surface area contributed by atoms with Crippen molar-refractivity contribution < 1.29 is 19.7 Å². The molecular weight excluding hydrogens is 272 g/mol. The van der Waals surface area contributed by atoms with Crippen molar-refractivity contribution in [2.75, 3.05) is 17.7 Å². The van der Waals surface area contributed by atoms with Crippen LogP contribution in [0.2, 0.25) is 0 Å². The van der Waals surface area contributed by atoms with Gasteiger partial charge in [-0.1, -0.05) is 0 Å². The number of anilines is 2. The molecule has 0 heterocycles. The van der Waals surface area contributed by atoms with Gasteiger partial charge in [-0.25, -0.2) is 4.79 Å². The number of nitrogens with zero attached hydrogens (tertiary/aromatic N) is 1. The number of hydrogen-bond donors (Lipinski definition) is 3. The van der Waals surface area contributed by atoms with Crippen molar-refractivity contribution in [1.82, 2.24) is 0 Å². The van der Waals surface area contributed by atoms with Crippen LogP contribution in [0.3, 0.4) is 0 Å². The number of phenolic OH excluding ortho intramolecular Hbond substituents is 1. The molecule has 0 radical (unpaired) electrons. The van der Waals surface area contributed by atoms with Crippen LogP contribution in [-0.4, -0.2) is 23.4 Å². The van der Waals surface area contributed by atoms with E-state index >= 15 is 0 Å². The lowest BCUT2D eigenvalue weighted by molar-refractivity contribution is 0.203. The third kappa shape index (κ3) is 3.17. The van der Waals surface area contributed by atoms with E-state index in [0.29, 0.717) is 28.4 Å². The summed E-state index contributed by atoms with van der Waals surface area (Å²) in [7, 11) is 1.41. The second kappa shape index (κ2) is 5.62. The highest BCUT2D eigenvalue weighted by Crippen LogP contribution is 2.31. The van der Waals surface area contributed by atoms with E-state index in [2.05, 4.69) is 0 Å². The Labute approximate surface area is 122 Å². The zero-order chi connectivity index (χ0) is 15.6. The normalized spacial score (nSPS) is 10.2. The smallest absolute Gasteiger partial charge is 0.411 e. The van der Waals surface area contributed by atoms with Gasteiger partial charge in [-0.05, 0) is 42.8 Å². The number of rotatable bonds is 3. The SMILES string of the molecule is Cc1cc(Oc2ccc(N)c(N(C)C(=O)O)c2)ccc1O. The molecule has 4 N–H and O–H groups in total. The highest BCUT2D eigenvalue weighted by atomic mass is 16.5. The Balaban J connectivity index is 2.30. The first-order valence-corrected chi connectivity index (χ1v) is 6.22. The molecule has 1 amide bonds. The molecule has 0 saturated heterocycles. The first-order valence-electron chi connectivity index (χ1n) is 6.22. The number of aryl methyl sites for hydroxylation is 1. The zero-order valence-corrected chi connectivity index (χ0v) is 11.7. The molecule has 0 saturated carbocycles. The average Bonchev–Trinajstić information content (AvgIpc) is 2.44. The minimum atomic E-state index is -1.11. The molecule has 0 aliphatic rings. The van der Waals surface area contributed by atoms with Crippen molar-refractivity contribution in [2.24, 2.45) is 0 Å². The van der Waals surface area contributed by atoms with Crippen LogP contribution in [0.1, 0.15) is 5.56 Å². The summed E-state index contributed by atoms with van der Waals surface area (Å²) in [6, 6.07) is 9.62. The summed E-state index contributed by atoms with van der Waals surface area (Å²) >= 11 is 0. The number of phenols is 1. The summed E-state index contributed by atoms with van der Waals surface area (Å²) in [5, 5.41) is 18.5. The summed E-state index contributed by atoms with van der Waals surface area (Å²) in [6.07, 6.45) is -1.11. The third-order valence-corrected chi connectivity index (χ3v) is 3.05. The Kier molecular flexibility index (Phi) is 3.89. The van der Waals surface area contributed by atoms with Crippen molar-refractivity contribution in [3.63, 3.8) is 0 Å². The number of ether oxygens (including phenoxy) is 1. The van der Waals surface area contributed by atoms with Crippen molar-refractivity contribution >= 4 is 17.5 Å². The van der Waals surface area contributed by atoms with Crippen LogP contribution >= 0.6 is 0 Å². The maximum atomic E-state index is 11.0. The molecule has 2 aromatic rings. The number of benzene rings is 2. The number of nitrogen functional groups attached to an aromatic ring is 1. The third-order valence-electron chi connectivity index (χ3n) is 3.05. The standard InChI is InChI=1S/C15H16N2O4/c1-9-7-10(4-6-14(9)18)21-11-3-5-12(16)13(8-11)17(2)15(19)20/h3-8,18H,16H2,1-2H3,(H,19,20). The summed E-state index contributed by atoms with van der Waals surface area (Å²) in [6.45, 7) is 1.76. The van der Waals surface area contributed by atoms with Gasteiger partial charge in [0.05, 0.1) is 11.4 Å². The second-order valence-corrected chi connectivity index (χ2v) is 4.61. The Morgan fingerprint density at radius 2 is 1.81 bits per heavy atom. The molecule has 0 unspecified atom stereocenters. The van der Waals surface area contributed by atoms with Crippen LogP contribution in [0.15, 0.2) is 36.4 Å². The van der Waals surface area contributed by atoms with Gasteiger partial charge in [0.25, 0.3) is 0 Å². The van der Waals surface area contributed by atoms with E-state index < -0.39 is 6.09 Å². The molecule has 0 aromatic heterocycles. The quantitative estimate of drug-likeness (QED) is 0.754. The number of hydrogen-bond acceptors (Lipinski definition) is 4. The monoisotopic (exact) mass is 288 g/mol. The average molecular weight is 288 g/mol. The van der Waals surface area contributed by atoms with Crippen molar-refractivity contribution in [3.8, 4) is 17.2 Å². The summed E-state index contributed by atoms with van der Waals surface area (Å²) in [5.41, 5.74) is 7.14. The maximum Gasteiger partial charge on any atom is 0.411 e. The fraction of sp³-hybridized carbons (Fsp3) is 0.133. The van der Waals surface area contributed by atoms with Crippen LogP contribution < -0.4 is 15.4 Å². The van der Waals surface area contributed by atoms with Gasteiger partial charge in [0.15, 0.2) is 0 Å².